The number of alkyl halides is 6. The van der Waals surface area contributed by atoms with Crippen LogP contribution in [0, 0.1) is 0 Å². The van der Waals surface area contributed by atoms with Crippen molar-refractivity contribution in [2.45, 2.75) is 81.3 Å². The van der Waals surface area contributed by atoms with E-state index in [9.17, 15) is 41.4 Å². The number of anilines is 1. The number of hydrogen-bond donors (Lipinski definition) is 4. The number of urea groups is 1. The average Bonchev–Trinajstić information content (AvgIpc) is 2.91. The van der Waals surface area contributed by atoms with Gasteiger partial charge in [0, 0.05) is 36.9 Å². The number of carbonyl (C=O) groups excluding carboxylic acids is 1. The first kappa shape index (κ1) is 30.9. The highest BCUT2D eigenvalue weighted by atomic mass is 19.4. The fraction of sp³-hybridized carbons (Fsp3) is 0.536. The Kier molecular flexibility index (Phi) is 9.39. The molecule has 1 aliphatic heterocycles. The molecule has 1 aliphatic carbocycles. The van der Waals surface area contributed by atoms with Crippen LogP contribution in [0.1, 0.15) is 49.7 Å². The molecule has 1 saturated heterocycles. The van der Waals surface area contributed by atoms with Gasteiger partial charge in [0.1, 0.15) is 11.9 Å². The number of ether oxygens (including phenoxy) is 1. The molecule has 4 N–H and O–H groups in total. The lowest BCUT2D eigenvalue weighted by Gasteiger charge is -2.33. The Bertz CT molecular complexity index is 1130. The number of likely N-dealkylation sites (tertiary alicyclic amines) is 1. The number of hydrogen-bond acceptors (Lipinski definition) is 5. The molecule has 2 aromatic rings. The minimum Gasteiger partial charge on any atom is -0.490 e. The van der Waals surface area contributed by atoms with Crippen LogP contribution in [0.5, 0.6) is 5.75 Å². The summed E-state index contributed by atoms with van der Waals surface area (Å²) >= 11 is 0. The van der Waals surface area contributed by atoms with Crippen LogP contribution < -0.4 is 15.4 Å². The van der Waals surface area contributed by atoms with Gasteiger partial charge in [0.15, 0.2) is 0 Å². The Morgan fingerprint density at radius 1 is 0.854 bits per heavy atom. The molecule has 0 aromatic heterocycles. The zero-order chi connectivity index (χ0) is 29.8. The topological polar surface area (TPSA) is 94.1 Å². The molecule has 2 aromatic carbocycles. The van der Waals surface area contributed by atoms with E-state index in [-0.39, 0.29) is 24.3 Å². The zero-order valence-corrected chi connectivity index (χ0v) is 22.1. The fourth-order valence-corrected chi connectivity index (χ4v) is 5.16. The molecule has 4 rings (SSSR count). The summed E-state index contributed by atoms with van der Waals surface area (Å²) in [6.07, 6.45) is -8.06. The Hall–Kier alpha value is -3.03. The van der Waals surface area contributed by atoms with Gasteiger partial charge in [-0.15, -0.1) is 0 Å². The third kappa shape index (κ3) is 7.63. The van der Waals surface area contributed by atoms with Crippen molar-refractivity contribution in [3.63, 3.8) is 0 Å². The first-order valence-electron chi connectivity index (χ1n) is 13.4. The van der Waals surface area contributed by atoms with E-state index in [2.05, 4.69) is 10.6 Å². The third-order valence-corrected chi connectivity index (χ3v) is 7.58. The van der Waals surface area contributed by atoms with Gasteiger partial charge in [0.25, 0.3) is 5.60 Å². The Morgan fingerprint density at radius 3 is 1.95 bits per heavy atom. The number of piperidine rings is 1. The first-order valence-corrected chi connectivity index (χ1v) is 13.4. The van der Waals surface area contributed by atoms with Crippen LogP contribution in [-0.2, 0) is 12.1 Å². The molecule has 41 heavy (non-hydrogen) atoms. The summed E-state index contributed by atoms with van der Waals surface area (Å²) in [5, 5.41) is 24.8. The smallest absolute Gasteiger partial charge is 0.430 e. The Labute approximate surface area is 233 Å². The zero-order valence-electron chi connectivity index (χ0n) is 22.1. The maximum atomic E-state index is 13.1. The van der Waals surface area contributed by atoms with Crippen LogP contribution in [0.15, 0.2) is 48.5 Å². The second kappa shape index (κ2) is 12.5. The van der Waals surface area contributed by atoms with Crippen molar-refractivity contribution in [1.29, 1.82) is 0 Å². The fourth-order valence-electron chi connectivity index (χ4n) is 5.16. The van der Waals surface area contributed by atoms with E-state index in [0.29, 0.717) is 74.5 Å². The van der Waals surface area contributed by atoms with Crippen LogP contribution in [0.2, 0.25) is 0 Å². The second-order valence-corrected chi connectivity index (χ2v) is 10.6. The summed E-state index contributed by atoms with van der Waals surface area (Å²) in [4.78, 5) is 14.3. The molecule has 2 amide bonds. The molecule has 13 heteroatoms. The molecule has 1 heterocycles. The van der Waals surface area contributed by atoms with Crippen LogP contribution in [0.25, 0.3) is 0 Å². The molecule has 0 unspecified atom stereocenters. The second-order valence-electron chi connectivity index (χ2n) is 10.6. The summed E-state index contributed by atoms with van der Waals surface area (Å²) in [5.41, 5.74) is -5.08. The van der Waals surface area contributed by atoms with E-state index in [0.717, 1.165) is 25.0 Å². The number of rotatable bonds is 7. The number of amides is 2. The maximum absolute atomic E-state index is 13.1. The van der Waals surface area contributed by atoms with Crippen LogP contribution in [-0.4, -0.2) is 64.8 Å². The summed E-state index contributed by atoms with van der Waals surface area (Å²) in [5.74, 6) is 0.632. The van der Waals surface area contributed by atoms with E-state index in [1.807, 2.05) is 4.90 Å². The first-order chi connectivity index (χ1) is 19.2. The predicted molar refractivity (Wildman–Crippen MR) is 138 cm³/mol. The summed E-state index contributed by atoms with van der Waals surface area (Å²) < 4.78 is 84.6. The maximum Gasteiger partial charge on any atom is 0.430 e. The van der Waals surface area contributed by atoms with E-state index in [1.54, 1.807) is 24.3 Å². The van der Waals surface area contributed by atoms with Crippen molar-refractivity contribution in [1.82, 2.24) is 10.2 Å². The molecule has 0 bridgehead atoms. The van der Waals surface area contributed by atoms with Gasteiger partial charge in [-0.2, -0.15) is 26.3 Å². The summed E-state index contributed by atoms with van der Waals surface area (Å²) in [6, 6.07) is 10.4. The number of nitrogens with zero attached hydrogens (tertiary/aromatic N) is 1. The van der Waals surface area contributed by atoms with Gasteiger partial charge in [0.2, 0.25) is 0 Å². The predicted octanol–water partition coefficient (Wildman–Crippen LogP) is 5.47. The molecular formula is C28H33F6N3O4. The molecular weight excluding hydrogens is 556 g/mol. The van der Waals surface area contributed by atoms with Gasteiger partial charge in [-0.25, -0.2) is 4.79 Å². The molecule has 2 fully saturated rings. The average molecular weight is 590 g/mol. The number of aliphatic hydroxyl groups is 2. The van der Waals surface area contributed by atoms with Gasteiger partial charge in [-0.3, -0.25) is 4.90 Å². The van der Waals surface area contributed by atoms with E-state index in [1.165, 1.54) is 0 Å². The Morgan fingerprint density at radius 2 is 1.41 bits per heavy atom. The van der Waals surface area contributed by atoms with Crippen molar-refractivity contribution >= 4 is 11.7 Å². The number of benzene rings is 2. The highest BCUT2D eigenvalue weighted by molar-refractivity contribution is 5.89. The molecule has 1 saturated carbocycles. The molecule has 7 nitrogen and oxygen atoms in total. The number of carbonyl (C=O) groups is 1. The highest BCUT2D eigenvalue weighted by Crippen LogP contribution is 2.50. The highest BCUT2D eigenvalue weighted by Gasteiger charge is 2.71. The van der Waals surface area contributed by atoms with E-state index >= 15 is 0 Å². The molecule has 2 aliphatic rings. The number of halogens is 6. The van der Waals surface area contributed by atoms with Gasteiger partial charge in [-0.1, -0.05) is 24.3 Å². The minimum atomic E-state index is -5.92. The summed E-state index contributed by atoms with van der Waals surface area (Å²) in [7, 11) is 0. The van der Waals surface area contributed by atoms with Gasteiger partial charge >= 0.3 is 18.4 Å². The summed E-state index contributed by atoms with van der Waals surface area (Å²) in [6.45, 7) is 1.55. The monoisotopic (exact) mass is 589 g/mol. The lowest BCUT2D eigenvalue weighted by molar-refractivity contribution is -0.376. The largest absolute Gasteiger partial charge is 0.490 e. The van der Waals surface area contributed by atoms with E-state index in [4.69, 9.17) is 4.74 Å². The van der Waals surface area contributed by atoms with Gasteiger partial charge in [0.05, 0.1) is 6.10 Å². The van der Waals surface area contributed by atoms with E-state index < -0.39 is 23.5 Å². The molecule has 0 radical (unpaired) electrons. The van der Waals surface area contributed by atoms with Crippen molar-refractivity contribution in [2.24, 2.45) is 0 Å². The van der Waals surface area contributed by atoms with Gasteiger partial charge in [-0.05, 0) is 68.4 Å². The van der Waals surface area contributed by atoms with Crippen molar-refractivity contribution in [2.75, 3.05) is 18.4 Å². The standard InChI is InChI=1S/C28H33F6N3O4/c29-27(30,31)26(40,28(32,33)34)19-3-1-18(2-4-19)17-37-15-13-24(14-16-37)41-23-11-7-21(8-12-23)36-25(39)35-20-5-9-22(38)10-6-20/h1-4,7-8,11-12,20,22,24,38,40H,5-6,9-10,13-17H2,(H2,35,36,39). The van der Waals surface area contributed by atoms with Crippen molar-refractivity contribution in [3.05, 3.63) is 59.7 Å². The Balaban J connectivity index is 1.22. The third-order valence-electron chi connectivity index (χ3n) is 7.58. The molecule has 226 valence electrons. The normalized spacial score (nSPS) is 21.4. The minimum absolute atomic E-state index is 0.0371. The van der Waals surface area contributed by atoms with Gasteiger partial charge < -0.3 is 25.6 Å². The lowest BCUT2D eigenvalue weighted by atomic mass is 9.91. The lowest BCUT2D eigenvalue weighted by Crippen LogP contribution is -2.53. The van der Waals surface area contributed by atoms with Crippen LogP contribution in [0.3, 0.4) is 0 Å². The quantitative estimate of drug-likeness (QED) is 0.322. The van der Waals surface area contributed by atoms with Crippen LogP contribution >= 0.6 is 0 Å². The molecule has 0 atom stereocenters. The number of nitrogens with one attached hydrogen (secondary N) is 2. The SMILES string of the molecule is O=C(Nc1ccc(OC2CCN(Cc3ccc(C(O)(C(F)(F)F)C(F)(F)F)cc3)CC2)cc1)NC1CCC(O)CC1. The number of aliphatic hydroxyl groups excluding tert-OH is 1. The van der Waals surface area contributed by atoms with Crippen molar-refractivity contribution < 1.29 is 46.1 Å². The van der Waals surface area contributed by atoms with Crippen LogP contribution in [0.4, 0.5) is 36.8 Å². The van der Waals surface area contributed by atoms with Crippen molar-refractivity contribution in [3.8, 4) is 5.75 Å². The molecule has 0 spiro atoms.